The van der Waals surface area contributed by atoms with Gasteiger partial charge >= 0.3 is 0 Å². The van der Waals surface area contributed by atoms with E-state index < -0.39 is 11.6 Å². The van der Waals surface area contributed by atoms with E-state index in [1.165, 1.54) is 12.1 Å². The van der Waals surface area contributed by atoms with E-state index in [-0.39, 0.29) is 18.4 Å². The molecule has 1 aliphatic rings. The van der Waals surface area contributed by atoms with Gasteiger partial charge < -0.3 is 15.1 Å². The van der Waals surface area contributed by atoms with E-state index in [1.54, 1.807) is 36.1 Å². The molecule has 1 aliphatic heterocycles. The average molecular weight is 390 g/mol. The maximum absolute atomic E-state index is 14.0. The van der Waals surface area contributed by atoms with Crippen LogP contribution in [0, 0.1) is 11.6 Å². The molecular formula is C19H24F2N6O. The van der Waals surface area contributed by atoms with Gasteiger partial charge in [-0.3, -0.25) is 14.5 Å². The van der Waals surface area contributed by atoms with Crippen LogP contribution in [0.4, 0.5) is 14.5 Å². The number of rotatable bonds is 4. The first kappa shape index (κ1) is 19.8. The Balaban J connectivity index is 1.59. The number of piperazine rings is 1. The number of hydrogen-bond donors (Lipinski definition) is 1. The number of amides is 1. The standard InChI is InChI=1S/C19H24F2N6O/c1-13(16-5-4-14(20)8-17(16)21)9-23-19(22-2)26-6-7-27(18(28)12-26)15-10-24-25(3)11-15/h4-5,8,10-11,13H,6-7,9,12H2,1-3H3,(H,22,23). The summed E-state index contributed by atoms with van der Waals surface area (Å²) in [7, 11) is 3.45. The van der Waals surface area contributed by atoms with E-state index in [0.717, 1.165) is 11.8 Å². The molecule has 0 aliphatic carbocycles. The summed E-state index contributed by atoms with van der Waals surface area (Å²) in [5, 5.41) is 7.29. The Morgan fingerprint density at radius 1 is 1.36 bits per heavy atom. The minimum Gasteiger partial charge on any atom is -0.356 e. The third-order valence-corrected chi connectivity index (χ3v) is 4.79. The third kappa shape index (κ3) is 4.29. The van der Waals surface area contributed by atoms with E-state index in [4.69, 9.17) is 0 Å². The normalized spacial score (nSPS) is 16.5. The molecule has 1 atom stereocenters. The molecule has 1 amide bonds. The fourth-order valence-electron chi connectivity index (χ4n) is 3.26. The van der Waals surface area contributed by atoms with Crippen molar-refractivity contribution in [2.75, 3.05) is 38.1 Å². The van der Waals surface area contributed by atoms with Crippen LogP contribution in [0.25, 0.3) is 0 Å². The van der Waals surface area contributed by atoms with Crippen molar-refractivity contribution in [3.63, 3.8) is 0 Å². The predicted octanol–water partition coefficient (Wildman–Crippen LogP) is 1.73. The minimum atomic E-state index is -0.595. The Hall–Kier alpha value is -2.97. The summed E-state index contributed by atoms with van der Waals surface area (Å²) in [6.45, 7) is 3.58. The molecule has 1 aromatic heterocycles. The molecule has 1 N–H and O–H groups in total. The highest BCUT2D eigenvalue weighted by atomic mass is 19.1. The smallest absolute Gasteiger partial charge is 0.246 e. The lowest BCUT2D eigenvalue weighted by molar-refractivity contribution is -0.120. The zero-order valence-corrected chi connectivity index (χ0v) is 16.2. The number of aromatic nitrogens is 2. The monoisotopic (exact) mass is 390 g/mol. The van der Waals surface area contributed by atoms with Crippen molar-refractivity contribution in [3.05, 3.63) is 47.8 Å². The highest BCUT2D eigenvalue weighted by Crippen LogP contribution is 2.20. The Kier molecular flexibility index (Phi) is 5.91. The fraction of sp³-hybridized carbons (Fsp3) is 0.421. The first-order chi connectivity index (χ1) is 13.4. The summed E-state index contributed by atoms with van der Waals surface area (Å²) < 4.78 is 28.7. The third-order valence-electron chi connectivity index (χ3n) is 4.79. The van der Waals surface area contributed by atoms with Gasteiger partial charge in [0.1, 0.15) is 18.2 Å². The molecule has 150 valence electrons. The summed E-state index contributed by atoms with van der Waals surface area (Å²) in [4.78, 5) is 20.4. The number of halogens is 2. The lowest BCUT2D eigenvalue weighted by atomic mass is 10.0. The van der Waals surface area contributed by atoms with Crippen LogP contribution >= 0.6 is 0 Å². The van der Waals surface area contributed by atoms with Gasteiger partial charge in [0.15, 0.2) is 5.96 Å². The lowest BCUT2D eigenvalue weighted by Gasteiger charge is -2.35. The van der Waals surface area contributed by atoms with Crippen molar-refractivity contribution in [2.45, 2.75) is 12.8 Å². The Morgan fingerprint density at radius 3 is 2.75 bits per heavy atom. The Bertz CT molecular complexity index is 881. The van der Waals surface area contributed by atoms with Crippen molar-refractivity contribution in [2.24, 2.45) is 12.0 Å². The topological polar surface area (TPSA) is 65.8 Å². The number of nitrogens with one attached hydrogen (secondary N) is 1. The van der Waals surface area contributed by atoms with Crippen molar-refractivity contribution in [1.82, 2.24) is 20.0 Å². The molecule has 1 aromatic carbocycles. The molecule has 28 heavy (non-hydrogen) atoms. The Morgan fingerprint density at radius 2 is 2.14 bits per heavy atom. The van der Waals surface area contributed by atoms with Gasteiger partial charge in [-0.15, -0.1) is 0 Å². The zero-order valence-electron chi connectivity index (χ0n) is 16.2. The second kappa shape index (κ2) is 8.37. The number of benzene rings is 1. The summed E-state index contributed by atoms with van der Waals surface area (Å²) in [6, 6.07) is 3.59. The minimum absolute atomic E-state index is 0.0418. The van der Waals surface area contributed by atoms with E-state index in [2.05, 4.69) is 15.4 Å². The maximum Gasteiger partial charge on any atom is 0.246 e. The zero-order chi connectivity index (χ0) is 20.3. The molecule has 0 spiro atoms. The number of carbonyl (C=O) groups excluding carboxylic acids is 1. The van der Waals surface area contributed by atoms with Crippen LogP contribution in [-0.2, 0) is 11.8 Å². The van der Waals surface area contributed by atoms with Crippen LogP contribution in [0.3, 0.4) is 0 Å². The summed E-state index contributed by atoms with van der Waals surface area (Å²) >= 11 is 0. The van der Waals surface area contributed by atoms with Gasteiger partial charge in [0, 0.05) is 51.9 Å². The van der Waals surface area contributed by atoms with Crippen molar-refractivity contribution >= 4 is 17.6 Å². The number of guanidine groups is 1. The van der Waals surface area contributed by atoms with Gasteiger partial charge in [-0.1, -0.05) is 13.0 Å². The number of hydrogen-bond acceptors (Lipinski definition) is 3. The van der Waals surface area contributed by atoms with Gasteiger partial charge in [-0.25, -0.2) is 8.78 Å². The number of anilines is 1. The van der Waals surface area contributed by atoms with Crippen LogP contribution in [0.5, 0.6) is 0 Å². The van der Waals surface area contributed by atoms with E-state index in [1.807, 2.05) is 11.8 Å². The molecule has 0 bridgehead atoms. The van der Waals surface area contributed by atoms with Crippen LogP contribution in [0.2, 0.25) is 0 Å². The van der Waals surface area contributed by atoms with E-state index >= 15 is 0 Å². The average Bonchev–Trinajstić information content (AvgIpc) is 3.08. The number of nitrogens with zero attached hydrogens (tertiary/aromatic N) is 5. The summed E-state index contributed by atoms with van der Waals surface area (Å²) in [5.41, 5.74) is 1.21. The molecule has 2 aromatic rings. The first-order valence-corrected chi connectivity index (χ1v) is 9.08. The van der Waals surface area contributed by atoms with Gasteiger partial charge in [-0.2, -0.15) is 5.10 Å². The van der Waals surface area contributed by atoms with Crippen LogP contribution in [0.15, 0.2) is 35.6 Å². The molecule has 0 saturated carbocycles. The highest BCUT2D eigenvalue weighted by Gasteiger charge is 2.27. The Labute approximate surface area is 162 Å². The largest absolute Gasteiger partial charge is 0.356 e. The molecular weight excluding hydrogens is 366 g/mol. The molecule has 7 nitrogen and oxygen atoms in total. The molecule has 1 saturated heterocycles. The molecule has 1 unspecified atom stereocenters. The number of aryl methyl sites for hydroxylation is 1. The van der Waals surface area contributed by atoms with Crippen LogP contribution in [-0.4, -0.2) is 59.8 Å². The molecule has 2 heterocycles. The fourth-order valence-corrected chi connectivity index (χ4v) is 3.26. The second-order valence-corrected chi connectivity index (χ2v) is 6.83. The summed E-state index contributed by atoms with van der Waals surface area (Å²) in [6.07, 6.45) is 3.47. The van der Waals surface area contributed by atoms with Gasteiger partial charge in [0.2, 0.25) is 5.91 Å². The SMILES string of the molecule is CN=C(NCC(C)c1ccc(F)cc1F)N1CCN(c2cnn(C)c2)C(=O)C1. The van der Waals surface area contributed by atoms with Crippen molar-refractivity contribution in [1.29, 1.82) is 0 Å². The predicted molar refractivity (Wildman–Crippen MR) is 103 cm³/mol. The quantitative estimate of drug-likeness (QED) is 0.638. The van der Waals surface area contributed by atoms with E-state index in [9.17, 15) is 13.6 Å². The van der Waals surface area contributed by atoms with Crippen molar-refractivity contribution < 1.29 is 13.6 Å². The molecule has 1 fully saturated rings. The maximum atomic E-state index is 14.0. The highest BCUT2D eigenvalue weighted by molar-refractivity contribution is 5.98. The molecule has 9 heteroatoms. The van der Waals surface area contributed by atoms with E-state index in [0.29, 0.717) is 31.2 Å². The number of carbonyl (C=O) groups is 1. The second-order valence-electron chi connectivity index (χ2n) is 6.83. The van der Waals surface area contributed by atoms with Crippen LogP contribution < -0.4 is 10.2 Å². The number of aliphatic imine (C=N–C) groups is 1. The first-order valence-electron chi connectivity index (χ1n) is 9.08. The summed E-state index contributed by atoms with van der Waals surface area (Å²) in [5.74, 6) is -0.815. The lowest BCUT2D eigenvalue weighted by Crippen LogP contribution is -2.55. The molecule has 3 rings (SSSR count). The van der Waals surface area contributed by atoms with Crippen LogP contribution in [0.1, 0.15) is 18.4 Å². The van der Waals surface area contributed by atoms with Gasteiger partial charge in [0.05, 0.1) is 11.9 Å². The molecule has 0 radical (unpaired) electrons. The van der Waals surface area contributed by atoms with Gasteiger partial charge in [-0.05, 0) is 11.6 Å². The van der Waals surface area contributed by atoms with Crippen molar-refractivity contribution in [3.8, 4) is 0 Å². The van der Waals surface area contributed by atoms with Gasteiger partial charge in [0.25, 0.3) is 0 Å².